The highest BCUT2D eigenvalue weighted by Crippen LogP contribution is 2.28. The number of hydrogen-bond donors (Lipinski definition) is 2. The maximum absolute atomic E-state index is 9.69. The van der Waals surface area contributed by atoms with E-state index in [-0.39, 0.29) is 6.10 Å². The number of pyridine rings is 1. The number of rotatable bonds is 3. The molecule has 0 aliphatic carbocycles. The van der Waals surface area contributed by atoms with E-state index in [0.717, 1.165) is 15.6 Å². The molecule has 4 nitrogen and oxygen atoms in total. The molecule has 1 unspecified atom stereocenters. The minimum atomic E-state index is -1.02. The fraction of sp³-hybridized carbons (Fsp3) is 0.278. The number of halogens is 1. The predicted octanol–water partition coefficient (Wildman–Crippen LogP) is 3.69. The number of anilines is 1. The number of nitrogens with two attached hydrogens (primary N) is 1. The summed E-state index contributed by atoms with van der Waals surface area (Å²) in [7, 11) is 0. The number of aromatic nitrogens is 1. The Bertz CT molecular complexity index is 758. The van der Waals surface area contributed by atoms with Gasteiger partial charge in [-0.05, 0) is 60.5 Å². The van der Waals surface area contributed by atoms with Crippen molar-refractivity contribution < 1.29 is 9.84 Å². The van der Waals surface area contributed by atoms with E-state index in [2.05, 4.69) is 32.8 Å². The van der Waals surface area contributed by atoms with Gasteiger partial charge < -0.3 is 15.6 Å². The van der Waals surface area contributed by atoms with Gasteiger partial charge in [-0.15, -0.1) is 0 Å². The van der Waals surface area contributed by atoms with Crippen LogP contribution >= 0.6 is 15.9 Å². The number of nitrogen functional groups attached to an aromatic ring is 1. The van der Waals surface area contributed by atoms with E-state index in [0.29, 0.717) is 11.6 Å². The van der Waals surface area contributed by atoms with Crippen molar-refractivity contribution >= 4 is 21.7 Å². The molecule has 0 fully saturated rings. The summed E-state index contributed by atoms with van der Waals surface area (Å²) in [6.45, 7) is 5.24. The first kappa shape index (κ1) is 17.3. The first-order valence-corrected chi connectivity index (χ1v) is 7.97. The summed E-state index contributed by atoms with van der Waals surface area (Å²) in [6, 6.07) is 9.49. The molecule has 0 spiro atoms. The van der Waals surface area contributed by atoms with Gasteiger partial charge in [0.1, 0.15) is 11.7 Å². The van der Waals surface area contributed by atoms with Crippen LogP contribution in [-0.4, -0.2) is 15.7 Å². The molecule has 3 N–H and O–H groups in total. The van der Waals surface area contributed by atoms with E-state index in [1.807, 2.05) is 31.2 Å². The second-order valence-corrected chi connectivity index (χ2v) is 6.65. The summed E-state index contributed by atoms with van der Waals surface area (Å²) in [5, 5.41) is 9.69. The number of nitrogens with zero attached hydrogens (tertiary/aromatic N) is 1. The van der Waals surface area contributed by atoms with Crippen LogP contribution in [0.5, 0.6) is 5.75 Å². The highest BCUT2D eigenvalue weighted by Gasteiger charge is 2.11. The monoisotopic (exact) mass is 374 g/mol. The molecule has 0 bridgehead atoms. The number of aliphatic hydroxyl groups is 1. The van der Waals surface area contributed by atoms with Gasteiger partial charge >= 0.3 is 0 Å². The predicted molar refractivity (Wildman–Crippen MR) is 95.0 cm³/mol. The minimum absolute atomic E-state index is 0.211. The Morgan fingerprint density at radius 3 is 2.78 bits per heavy atom. The topological polar surface area (TPSA) is 68.4 Å². The van der Waals surface area contributed by atoms with Gasteiger partial charge in [0, 0.05) is 16.2 Å². The van der Waals surface area contributed by atoms with E-state index in [1.54, 1.807) is 26.1 Å². The van der Waals surface area contributed by atoms with Gasteiger partial charge in [0.05, 0.1) is 0 Å². The molecule has 2 aromatic rings. The van der Waals surface area contributed by atoms with Gasteiger partial charge in [-0.3, -0.25) is 0 Å². The molecule has 0 saturated carbocycles. The van der Waals surface area contributed by atoms with Gasteiger partial charge in [0.15, 0.2) is 11.6 Å². The molecule has 1 atom stereocenters. The average molecular weight is 375 g/mol. The lowest BCUT2D eigenvalue weighted by Crippen LogP contribution is -2.14. The molecule has 0 aliphatic rings. The largest absolute Gasteiger partial charge is 0.482 e. The molecular formula is C18H19BrN2O2. The van der Waals surface area contributed by atoms with Crippen molar-refractivity contribution in [2.24, 2.45) is 0 Å². The second-order valence-electron chi connectivity index (χ2n) is 5.73. The molecule has 2 rings (SSSR count). The zero-order valence-electron chi connectivity index (χ0n) is 13.3. The lowest BCUT2D eigenvalue weighted by atomic mass is 10.1. The first-order chi connectivity index (χ1) is 10.7. The maximum Gasteiger partial charge on any atom is 0.166 e. The van der Waals surface area contributed by atoms with Gasteiger partial charge in [-0.25, -0.2) is 4.98 Å². The SMILES string of the molecule is CC(Oc1cc(Br)cnc1N)c1cccc(C#CC(C)(C)O)c1. The van der Waals surface area contributed by atoms with Crippen molar-refractivity contribution in [3.63, 3.8) is 0 Å². The van der Waals surface area contributed by atoms with Crippen LogP contribution in [0.1, 0.15) is 38.0 Å². The van der Waals surface area contributed by atoms with E-state index in [4.69, 9.17) is 10.5 Å². The summed E-state index contributed by atoms with van der Waals surface area (Å²) in [4.78, 5) is 4.06. The van der Waals surface area contributed by atoms with E-state index < -0.39 is 5.60 Å². The van der Waals surface area contributed by atoms with Crippen molar-refractivity contribution in [1.29, 1.82) is 0 Å². The standard InChI is InChI=1S/C18H19BrN2O2/c1-12(23-16-10-15(19)11-21-17(16)20)14-6-4-5-13(9-14)7-8-18(2,3)22/h4-6,9-12,22H,1-3H3,(H2,20,21). The summed E-state index contributed by atoms with van der Waals surface area (Å²) < 4.78 is 6.70. The van der Waals surface area contributed by atoms with Crippen molar-refractivity contribution in [3.8, 4) is 17.6 Å². The number of ether oxygens (including phenoxy) is 1. The summed E-state index contributed by atoms with van der Waals surface area (Å²) in [5.74, 6) is 6.64. The van der Waals surface area contributed by atoms with Crippen LogP contribution in [0.3, 0.4) is 0 Å². The van der Waals surface area contributed by atoms with Crippen LogP contribution in [0.2, 0.25) is 0 Å². The Morgan fingerprint density at radius 1 is 1.35 bits per heavy atom. The minimum Gasteiger partial charge on any atom is -0.482 e. The lowest BCUT2D eigenvalue weighted by molar-refractivity contribution is 0.143. The molecule has 1 heterocycles. The van der Waals surface area contributed by atoms with Gasteiger partial charge in [-0.2, -0.15) is 0 Å². The lowest BCUT2D eigenvalue weighted by Gasteiger charge is -2.16. The van der Waals surface area contributed by atoms with Crippen molar-refractivity contribution in [2.75, 3.05) is 5.73 Å². The van der Waals surface area contributed by atoms with Crippen LogP contribution in [0.25, 0.3) is 0 Å². The van der Waals surface area contributed by atoms with Gasteiger partial charge in [0.2, 0.25) is 0 Å². The molecule has 120 valence electrons. The Kier molecular flexibility index (Phi) is 5.30. The Hall–Kier alpha value is -2.03. The smallest absolute Gasteiger partial charge is 0.166 e. The number of benzene rings is 1. The third-order valence-electron chi connectivity index (χ3n) is 3.02. The van der Waals surface area contributed by atoms with Crippen molar-refractivity contribution in [1.82, 2.24) is 4.98 Å². The quantitative estimate of drug-likeness (QED) is 0.803. The maximum atomic E-state index is 9.69. The van der Waals surface area contributed by atoms with Gasteiger partial charge in [0.25, 0.3) is 0 Å². The molecule has 0 radical (unpaired) electrons. The Labute approximate surface area is 144 Å². The average Bonchev–Trinajstić information content (AvgIpc) is 2.48. The zero-order valence-corrected chi connectivity index (χ0v) is 14.9. The van der Waals surface area contributed by atoms with E-state index >= 15 is 0 Å². The highest BCUT2D eigenvalue weighted by atomic mass is 79.9. The molecule has 0 aliphatic heterocycles. The molecule has 1 aromatic heterocycles. The third-order valence-corrected chi connectivity index (χ3v) is 3.45. The molecule has 0 amide bonds. The van der Waals surface area contributed by atoms with Crippen LogP contribution in [0.15, 0.2) is 41.0 Å². The molecule has 23 heavy (non-hydrogen) atoms. The fourth-order valence-electron chi connectivity index (χ4n) is 1.88. The molecular weight excluding hydrogens is 356 g/mol. The molecule has 0 saturated heterocycles. The van der Waals surface area contributed by atoms with Crippen molar-refractivity contribution in [3.05, 3.63) is 52.1 Å². The highest BCUT2D eigenvalue weighted by molar-refractivity contribution is 9.10. The molecule has 1 aromatic carbocycles. The van der Waals surface area contributed by atoms with Gasteiger partial charge in [-0.1, -0.05) is 24.0 Å². The van der Waals surface area contributed by atoms with Crippen LogP contribution < -0.4 is 10.5 Å². The van der Waals surface area contributed by atoms with Crippen molar-refractivity contribution in [2.45, 2.75) is 32.5 Å². The second kappa shape index (κ2) is 7.03. The van der Waals surface area contributed by atoms with Crippen LogP contribution in [0.4, 0.5) is 5.82 Å². The Balaban J connectivity index is 2.21. The zero-order chi connectivity index (χ0) is 17.0. The van der Waals surface area contributed by atoms with Crippen LogP contribution in [0, 0.1) is 11.8 Å². The van der Waals surface area contributed by atoms with E-state index in [1.165, 1.54) is 0 Å². The summed E-state index contributed by atoms with van der Waals surface area (Å²) in [6.07, 6.45) is 1.41. The fourth-order valence-corrected chi connectivity index (χ4v) is 2.19. The molecule has 5 heteroatoms. The van der Waals surface area contributed by atoms with E-state index in [9.17, 15) is 5.11 Å². The Morgan fingerprint density at radius 2 is 2.09 bits per heavy atom. The number of hydrogen-bond acceptors (Lipinski definition) is 4. The summed E-state index contributed by atoms with van der Waals surface area (Å²) >= 11 is 3.35. The normalized spacial score (nSPS) is 12.2. The third kappa shape index (κ3) is 5.27. The first-order valence-electron chi connectivity index (χ1n) is 7.18. The summed E-state index contributed by atoms with van der Waals surface area (Å²) in [5.41, 5.74) is 6.60. The van der Waals surface area contributed by atoms with Crippen LogP contribution in [-0.2, 0) is 0 Å².